The van der Waals surface area contributed by atoms with Crippen LogP contribution in [-0.2, 0) is 26.2 Å². The first kappa shape index (κ1) is 20.6. The molecule has 1 N–H and O–H groups in total. The van der Waals surface area contributed by atoms with Gasteiger partial charge in [-0.05, 0) is 48.6 Å². The van der Waals surface area contributed by atoms with Gasteiger partial charge >= 0.3 is 0 Å². The summed E-state index contributed by atoms with van der Waals surface area (Å²) in [6.45, 7) is 7.68. The number of ether oxygens (including phenoxy) is 1. The van der Waals surface area contributed by atoms with Gasteiger partial charge < -0.3 is 15.0 Å². The van der Waals surface area contributed by atoms with Crippen LogP contribution in [0.4, 0.5) is 11.4 Å². The molecule has 0 spiro atoms. The highest BCUT2D eigenvalue weighted by molar-refractivity contribution is 6.01. The summed E-state index contributed by atoms with van der Waals surface area (Å²) in [7, 11) is 0. The number of hydrogen-bond acceptors (Lipinski definition) is 3. The number of fused-ring (bicyclic) bond motifs is 1. The molecule has 2 aliphatic rings. The van der Waals surface area contributed by atoms with E-state index < -0.39 is 10.8 Å². The largest absolute Gasteiger partial charge is 0.381 e. The Morgan fingerprint density at radius 2 is 1.73 bits per heavy atom. The van der Waals surface area contributed by atoms with Gasteiger partial charge in [0.1, 0.15) is 0 Å². The Bertz CT molecular complexity index is 941. The van der Waals surface area contributed by atoms with E-state index >= 15 is 0 Å². The maximum Gasteiger partial charge on any atom is 0.235 e. The van der Waals surface area contributed by atoms with Gasteiger partial charge in [0.05, 0.1) is 5.41 Å². The fourth-order valence-corrected chi connectivity index (χ4v) is 4.47. The Labute approximate surface area is 178 Å². The Morgan fingerprint density at radius 1 is 1.03 bits per heavy atom. The molecule has 158 valence electrons. The molecule has 0 unspecified atom stereocenters. The minimum absolute atomic E-state index is 0.0116. The van der Waals surface area contributed by atoms with Crippen LogP contribution in [0.15, 0.2) is 48.5 Å². The van der Waals surface area contributed by atoms with E-state index in [0.29, 0.717) is 32.6 Å². The molecule has 30 heavy (non-hydrogen) atoms. The van der Waals surface area contributed by atoms with Crippen LogP contribution in [-0.4, -0.2) is 31.6 Å². The average Bonchev–Trinajstić information content (AvgIpc) is 3.16. The Kier molecular flexibility index (Phi) is 5.41. The maximum atomic E-state index is 13.5. The number of nitrogens with one attached hydrogen (secondary N) is 1. The van der Waals surface area contributed by atoms with E-state index in [1.165, 1.54) is 0 Å². The van der Waals surface area contributed by atoms with Crippen LogP contribution >= 0.6 is 0 Å². The van der Waals surface area contributed by atoms with Crippen molar-refractivity contribution in [1.82, 2.24) is 0 Å². The predicted molar refractivity (Wildman–Crippen MR) is 119 cm³/mol. The third kappa shape index (κ3) is 3.74. The van der Waals surface area contributed by atoms with Gasteiger partial charge in [0, 0.05) is 36.5 Å². The van der Waals surface area contributed by atoms with E-state index in [9.17, 15) is 9.59 Å². The highest BCUT2D eigenvalue weighted by Crippen LogP contribution is 2.37. The number of rotatable bonds is 3. The summed E-state index contributed by atoms with van der Waals surface area (Å²) in [5, 5.41) is 3.16. The minimum Gasteiger partial charge on any atom is -0.381 e. The van der Waals surface area contributed by atoms with Gasteiger partial charge in [0.15, 0.2) is 0 Å². The molecule has 2 aliphatic heterocycles. The molecule has 0 atom stereocenters. The van der Waals surface area contributed by atoms with Crippen LogP contribution in [0, 0.1) is 5.41 Å². The molecule has 1 fully saturated rings. The van der Waals surface area contributed by atoms with E-state index in [1.807, 2.05) is 74.2 Å². The molecule has 2 amide bonds. The number of nitrogens with zero attached hydrogens (tertiary/aromatic N) is 1. The molecule has 2 heterocycles. The fraction of sp³-hybridized carbons (Fsp3) is 0.440. The molecule has 0 bridgehead atoms. The van der Waals surface area contributed by atoms with Crippen molar-refractivity contribution >= 4 is 23.2 Å². The number of carbonyl (C=O) groups is 2. The zero-order valence-corrected chi connectivity index (χ0v) is 18.0. The van der Waals surface area contributed by atoms with Gasteiger partial charge in [0.25, 0.3) is 0 Å². The first-order chi connectivity index (χ1) is 14.3. The lowest BCUT2D eigenvalue weighted by molar-refractivity contribution is -0.126. The molecule has 1 saturated heterocycles. The summed E-state index contributed by atoms with van der Waals surface area (Å²) in [5.74, 6) is 0.140. The zero-order chi connectivity index (χ0) is 21.4. The Hall–Kier alpha value is -2.66. The highest BCUT2D eigenvalue weighted by atomic mass is 16.5. The van der Waals surface area contributed by atoms with Crippen LogP contribution in [0.1, 0.15) is 44.7 Å². The van der Waals surface area contributed by atoms with Gasteiger partial charge in [0.2, 0.25) is 11.8 Å². The molecular formula is C25H30N2O3. The molecule has 2 aromatic rings. The molecule has 0 aliphatic carbocycles. The highest BCUT2D eigenvalue weighted by Gasteiger charge is 2.42. The molecule has 0 aromatic heterocycles. The summed E-state index contributed by atoms with van der Waals surface area (Å²) in [5.41, 5.74) is 2.88. The molecule has 5 nitrogen and oxygen atoms in total. The lowest BCUT2D eigenvalue weighted by Crippen LogP contribution is -2.44. The van der Waals surface area contributed by atoms with Crippen LogP contribution < -0.4 is 10.2 Å². The van der Waals surface area contributed by atoms with E-state index in [1.54, 1.807) is 0 Å². The second-order valence-electron chi connectivity index (χ2n) is 9.31. The second kappa shape index (κ2) is 7.88. The predicted octanol–water partition coefficient (Wildman–Crippen LogP) is 4.31. The van der Waals surface area contributed by atoms with Crippen molar-refractivity contribution < 1.29 is 14.3 Å². The van der Waals surface area contributed by atoms with Crippen molar-refractivity contribution in [1.29, 1.82) is 0 Å². The number of benzene rings is 2. The second-order valence-corrected chi connectivity index (χ2v) is 9.31. The quantitative estimate of drug-likeness (QED) is 0.826. The van der Waals surface area contributed by atoms with Crippen LogP contribution in [0.2, 0.25) is 0 Å². The van der Waals surface area contributed by atoms with Crippen molar-refractivity contribution in [3.8, 4) is 0 Å². The van der Waals surface area contributed by atoms with E-state index in [2.05, 4.69) is 5.32 Å². The van der Waals surface area contributed by atoms with E-state index in [-0.39, 0.29) is 11.8 Å². The van der Waals surface area contributed by atoms with Gasteiger partial charge in [-0.1, -0.05) is 51.1 Å². The summed E-state index contributed by atoms with van der Waals surface area (Å²) >= 11 is 0. The lowest BCUT2D eigenvalue weighted by Gasteiger charge is -2.36. The Balaban J connectivity index is 1.57. The zero-order valence-electron chi connectivity index (χ0n) is 18.0. The van der Waals surface area contributed by atoms with Gasteiger partial charge in [-0.15, -0.1) is 0 Å². The number of carbonyl (C=O) groups excluding carboxylic acids is 2. The molecular weight excluding hydrogens is 376 g/mol. The normalized spacial score (nSPS) is 18.0. The minimum atomic E-state index is -0.577. The fourth-order valence-electron chi connectivity index (χ4n) is 4.47. The first-order valence-corrected chi connectivity index (χ1v) is 10.7. The molecule has 0 radical (unpaired) electrons. The smallest absolute Gasteiger partial charge is 0.235 e. The topological polar surface area (TPSA) is 58.6 Å². The average molecular weight is 407 g/mol. The monoisotopic (exact) mass is 406 g/mol. The third-order valence-electron chi connectivity index (χ3n) is 6.23. The molecule has 5 heteroatoms. The molecule has 4 rings (SSSR count). The van der Waals surface area contributed by atoms with Crippen molar-refractivity contribution in [2.24, 2.45) is 5.41 Å². The van der Waals surface area contributed by atoms with Crippen LogP contribution in [0.3, 0.4) is 0 Å². The summed E-state index contributed by atoms with van der Waals surface area (Å²) in [6, 6.07) is 15.9. The Morgan fingerprint density at radius 3 is 2.40 bits per heavy atom. The van der Waals surface area contributed by atoms with Crippen molar-refractivity contribution in [2.75, 3.05) is 30.0 Å². The van der Waals surface area contributed by atoms with Crippen LogP contribution in [0.25, 0.3) is 0 Å². The van der Waals surface area contributed by atoms with Crippen molar-refractivity contribution in [3.05, 3.63) is 59.7 Å². The number of anilines is 2. The standard InChI is InChI=1S/C25H30N2O3/c1-24(2,3)23(29)27-14-11-18-17-20(9-10-21(18)27)26-22(28)25(12-15-30-16-13-25)19-7-5-4-6-8-19/h4-10,17H,11-16H2,1-3H3,(H,26,28). The SMILES string of the molecule is CC(C)(C)C(=O)N1CCc2cc(NC(=O)C3(c4ccccc4)CCOCC3)ccc21. The van der Waals surface area contributed by atoms with Crippen LogP contribution in [0.5, 0.6) is 0 Å². The van der Waals surface area contributed by atoms with E-state index in [4.69, 9.17) is 4.74 Å². The van der Waals surface area contributed by atoms with E-state index in [0.717, 1.165) is 28.9 Å². The summed E-state index contributed by atoms with van der Waals surface area (Å²) in [4.78, 5) is 28.1. The molecule has 0 saturated carbocycles. The van der Waals surface area contributed by atoms with Gasteiger partial charge in [-0.2, -0.15) is 0 Å². The number of hydrogen-bond donors (Lipinski definition) is 1. The van der Waals surface area contributed by atoms with Gasteiger partial charge in [-0.25, -0.2) is 0 Å². The first-order valence-electron chi connectivity index (χ1n) is 10.7. The van der Waals surface area contributed by atoms with Crippen molar-refractivity contribution in [3.63, 3.8) is 0 Å². The summed E-state index contributed by atoms with van der Waals surface area (Å²) in [6.07, 6.45) is 2.14. The third-order valence-corrected chi connectivity index (χ3v) is 6.23. The number of amides is 2. The van der Waals surface area contributed by atoms with Crippen molar-refractivity contribution in [2.45, 2.75) is 45.4 Å². The lowest BCUT2D eigenvalue weighted by atomic mass is 9.73. The van der Waals surface area contributed by atoms with Gasteiger partial charge in [-0.3, -0.25) is 9.59 Å². The maximum absolute atomic E-state index is 13.5. The summed E-state index contributed by atoms with van der Waals surface area (Å²) < 4.78 is 5.55. The molecule has 2 aromatic carbocycles.